The number of thioether (sulfide) groups is 1. The van der Waals surface area contributed by atoms with Gasteiger partial charge in [-0.25, -0.2) is 4.79 Å². The van der Waals surface area contributed by atoms with Crippen LogP contribution in [0.3, 0.4) is 0 Å². The molecule has 2 aliphatic rings. The number of nitrogens with zero attached hydrogens (tertiary/aromatic N) is 1. The minimum Gasteiger partial charge on any atom is -0.478 e. The molecule has 0 aromatic heterocycles. The van der Waals surface area contributed by atoms with Crippen LogP contribution >= 0.6 is 11.8 Å². The number of rotatable bonds is 5. The van der Waals surface area contributed by atoms with Crippen molar-refractivity contribution in [3.05, 3.63) is 58.5 Å². The summed E-state index contributed by atoms with van der Waals surface area (Å²) < 4.78 is 10.4. The Morgan fingerprint density at radius 3 is 2.57 bits per heavy atom. The molecule has 4 rings (SSSR count). The molecule has 30 heavy (non-hydrogen) atoms. The van der Waals surface area contributed by atoms with Crippen LogP contribution in [-0.2, 0) is 9.59 Å². The second-order valence-corrected chi connectivity index (χ2v) is 7.30. The lowest BCUT2D eigenvalue weighted by Crippen LogP contribution is -2.36. The highest BCUT2D eigenvalue weighted by Gasteiger charge is 2.36. The molecule has 0 bridgehead atoms. The zero-order valence-electron chi connectivity index (χ0n) is 15.3. The summed E-state index contributed by atoms with van der Waals surface area (Å²) in [4.78, 5) is 49.0. The number of carbonyl (C=O) groups excluding carboxylic acids is 3. The Kier molecular flexibility index (Phi) is 5.15. The topological polar surface area (TPSA) is 122 Å². The first-order chi connectivity index (χ1) is 14.4. The maximum absolute atomic E-state index is 12.5. The van der Waals surface area contributed by atoms with Crippen molar-refractivity contribution in [3.63, 3.8) is 0 Å². The molecule has 2 N–H and O–H groups in total. The monoisotopic (exact) mass is 426 g/mol. The van der Waals surface area contributed by atoms with Crippen LogP contribution in [0.15, 0.2) is 47.4 Å². The van der Waals surface area contributed by atoms with Crippen LogP contribution in [-0.4, -0.2) is 46.4 Å². The first-order valence-corrected chi connectivity index (χ1v) is 9.50. The van der Waals surface area contributed by atoms with Gasteiger partial charge in [-0.3, -0.25) is 19.3 Å². The number of hydrogen-bond acceptors (Lipinski definition) is 7. The third-order valence-electron chi connectivity index (χ3n) is 4.29. The summed E-state index contributed by atoms with van der Waals surface area (Å²) in [5, 5.41) is 11.0. The van der Waals surface area contributed by atoms with Crippen LogP contribution in [0.5, 0.6) is 11.5 Å². The number of imide groups is 1. The minimum absolute atomic E-state index is 0.106. The summed E-state index contributed by atoms with van der Waals surface area (Å²) in [6.45, 7) is -0.330. The van der Waals surface area contributed by atoms with Gasteiger partial charge < -0.3 is 19.9 Å². The molecule has 9 nitrogen and oxygen atoms in total. The maximum Gasteiger partial charge on any atom is 0.335 e. The molecule has 0 radical (unpaired) electrons. The SMILES string of the molecule is O=C(CN1C(=O)S/C(=C\c2ccc(C(=O)O)cc2)C1=O)Nc1ccc2c(c1)OCO2. The van der Waals surface area contributed by atoms with Crippen molar-refractivity contribution in [1.29, 1.82) is 0 Å². The number of ether oxygens (including phenoxy) is 2. The van der Waals surface area contributed by atoms with Gasteiger partial charge in [-0.05, 0) is 47.7 Å². The van der Waals surface area contributed by atoms with Gasteiger partial charge in [-0.1, -0.05) is 12.1 Å². The smallest absolute Gasteiger partial charge is 0.335 e. The van der Waals surface area contributed by atoms with Gasteiger partial charge in [0.1, 0.15) is 6.54 Å². The Bertz CT molecular complexity index is 1090. The molecule has 152 valence electrons. The van der Waals surface area contributed by atoms with Crippen molar-refractivity contribution >= 4 is 46.5 Å². The molecule has 2 aromatic carbocycles. The Balaban J connectivity index is 1.42. The second-order valence-electron chi connectivity index (χ2n) is 6.31. The summed E-state index contributed by atoms with van der Waals surface area (Å²) in [5.74, 6) is -1.12. The number of benzene rings is 2. The molecular weight excluding hydrogens is 412 g/mol. The van der Waals surface area contributed by atoms with E-state index in [1.165, 1.54) is 30.3 Å². The van der Waals surface area contributed by atoms with E-state index >= 15 is 0 Å². The summed E-state index contributed by atoms with van der Waals surface area (Å²) in [5.41, 5.74) is 1.13. The van der Waals surface area contributed by atoms with Gasteiger partial charge in [0.05, 0.1) is 10.5 Å². The van der Waals surface area contributed by atoms with Gasteiger partial charge in [0, 0.05) is 11.8 Å². The van der Waals surface area contributed by atoms with E-state index in [0.717, 1.165) is 16.7 Å². The molecule has 0 spiro atoms. The van der Waals surface area contributed by atoms with E-state index in [1.54, 1.807) is 18.2 Å². The normalized spacial score (nSPS) is 16.3. The standard InChI is InChI=1S/C20H14N2O7S/c23-17(21-13-5-6-14-15(8-13)29-10-28-14)9-22-18(24)16(30-20(22)27)7-11-1-3-12(4-2-11)19(25)26/h1-8H,9-10H2,(H,21,23)(H,25,26)/b16-7-. The lowest BCUT2D eigenvalue weighted by molar-refractivity contribution is -0.127. The van der Waals surface area contributed by atoms with Gasteiger partial charge in [-0.15, -0.1) is 0 Å². The third-order valence-corrected chi connectivity index (χ3v) is 5.19. The Morgan fingerprint density at radius 2 is 1.83 bits per heavy atom. The van der Waals surface area contributed by atoms with E-state index in [1.807, 2.05) is 0 Å². The van der Waals surface area contributed by atoms with E-state index in [0.29, 0.717) is 22.7 Å². The molecule has 3 amide bonds. The number of aromatic carboxylic acids is 1. The molecular formula is C20H14N2O7S. The summed E-state index contributed by atoms with van der Waals surface area (Å²) in [6.07, 6.45) is 1.48. The largest absolute Gasteiger partial charge is 0.478 e. The molecule has 2 aliphatic heterocycles. The molecule has 0 unspecified atom stereocenters. The summed E-state index contributed by atoms with van der Waals surface area (Å²) >= 11 is 0.717. The van der Waals surface area contributed by atoms with Crippen LogP contribution in [0, 0.1) is 0 Å². The predicted molar refractivity (Wildman–Crippen MR) is 107 cm³/mol. The van der Waals surface area contributed by atoms with Crippen molar-refractivity contribution in [3.8, 4) is 11.5 Å². The molecule has 2 aromatic rings. The Hall–Kier alpha value is -3.79. The summed E-state index contributed by atoms with van der Waals surface area (Å²) in [6, 6.07) is 10.7. The summed E-state index contributed by atoms with van der Waals surface area (Å²) in [7, 11) is 0. The van der Waals surface area contributed by atoms with Gasteiger partial charge >= 0.3 is 5.97 Å². The molecule has 0 aliphatic carbocycles. The van der Waals surface area contributed by atoms with Crippen LogP contribution in [0.1, 0.15) is 15.9 Å². The van der Waals surface area contributed by atoms with Crippen LogP contribution in [0.25, 0.3) is 6.08 Å². The van der Waals surface area contributed by atoms with Crippen molar-refractivity contribution in [2.24, 2.45) is 0 Å². The van der Waals surface area contributed by atoms with Gasteiger partial charge in [-0.2, -0.15) is 0 Å². The Labute approximate surface area is 174 Å². The third kappa shape index (κ3) is 3.98. The zero-order chi connectivity index (χ0) is 21.3. The minimum atomic E-state index is -1.06. The number of carboxylic acid groups (broad SMARTS) is 1. The van der Waals surface area contributed by atoms with E-state index in [4.69, 9.17) is 14.6 Å². The highest BCUT2D eigenvalue weighted by molar-refractivity contribution is 8.18. The highest BCUT2D eigenvalue weighted by atomic mass is 32.2. The number of hydrogen-bond donors (Lipinski definition) is 2. The fraction of sp³-hybridized carbons (Fsp3) is 0.100. The molecule has 2 heterocycles. The number of anilines is 1. The van der Waals surface area contributed by atoms with Crippen molar-refractivity contribution in [1.82, 2.24) is 4.90 Å². The zero-order valence-corrected chi connectivity index (χ0v) is 16.1. The number of carbonyl (C=O) groups is 4. The average Bonchev–Trinajstić information content (AvgIpc) is 3.28. The molecule has 1 saturated heterocycles. The first kappa shape index (κ1) is 19.5. The Morgan fingerprint density at radius 1 is 1.10 bits per heavy atom. The van der Waals surface area contributed by atoms with E-state index in [2.05, 4.69) is 5.32 Å². The number of carboxylic acids is 1. The van der Waals surface area contributed by atoms with Gasteiger partial charge in [0.25, 0.3) is 11.1 Å². The van der Waals surface area contributed by atoms with E-state index in [9.17, 15) is 19.2 Å². The van der Waals surface area contributed by atoms with Crippen molar-refractivity contribution in [2.75, 3.05) is 18.7 Å². The quantitative estimate of drug-likeness (QED) is 0.700. The fourth-order valence-electron chi connectivity index (χ4n) is 2.83. The number of nitrogens with one attached hydrogen (secondary N) is 1. The van der Waals surface area contributed by atoms with Gasteiger partial charge in [0.2, 0.25) is 12.7 Å². The lowest BCUT2D eigenvalue weighted by atomic mass is 10.1. The van der Waals surface area contributed by atoms with Crippen LogP contribution < -0.4 is 14.8 Å². The lowest BCUT2D eigenvalue weighted by Gasteiger charge is -2.12. The maximum atomic E-state index is 12.5. The number of amides is 3. The molecule has 0 saturated carbocycles. The fourth-order valence-corrected chi connectivity index (χ4v) is 3.67. The molecule has 0 atom stereocenters. The second kappa shape index (κ2) is 7.91. The number of fused-ring (bicyclic) bond motifs is 1. The highest BCUT2D eigenvalue weighted by Crippen LogP contribution is 2.35. The molecule has 10 heteroatoms. The first-order valence-electron chi connectivity index (χ1n) is 8.69. The predicted octanol–water partition coefficient (Wildman–Crippen LogP) is 2.79. The van der Waals surface area contributed by atoms with Crippen LogP contribution in [0.4, 0.5) is 10.5 Å². The van der Waals surface area contributed by atoms with Crippen molar-refractivity contribution < 1.29 is 33.8 Å². The van der Waals surface area contributed by atoms with Crippen molar-refractivity contribution in [2.45, 2.75) is 0 Å². The molecule has 1 fully saturated rings. The average molecular weight is 426 g/mol. The van der Waals surface area contributed by atoms with Gasteiger partial charge in [0.15, 0.2) is 11.5 Å². The van der Waals surface area contributed by atoms with E-state index < -0.39 is 29.6 Å². The van der Waals surface area contributed by atoms with Crippen LogP contribution in [0.2, 0.25) is 0 Å². The van der Waals surface area contributed by atoms with E-state index in [-0.39, 0.29) is 17.3 Å².